The van der Waals surface area contributed by atoms with Crippen molar-refractivity contribution in [1.29, 1.82) is 0 Å². The van der Waals surface area contributed by atoms with E-state index in [1.165, 1.54) is 24.5 Å². The lowest BCUT2D eigenvalue weighted by atomic mass is 10.4. The Morgan fingerprint density at radius 1 is 0.812 bits per heavy atom. The first-order chi connectivity index (χ1) is 7.77. The molecule has 2 rings (SSSR count). The molecule has 2 aromatic rings. The molecule has 0 saturated heterocycles. The molecule has 0 fully saturated rings. The number of aromatic amines is 2. The minimum atomic E-state index is -0.349. The summed E-state index contributed by atoms with van der Waals surface area (Å²) in [5.41, 5.74) is -0.381. The molecule has 0 aliphatic carbocycles. The molecule has 0 radical (unpaired) electrons. The van der Waals surface area contributed by atoms with Crippen LogP contribution in [-0.2, 0) is 0 Å². The van der Waals surface area contributed by atoms with E-state index in [9.17, 15) is 9.59 Å². The van der Waals surface area contributed by atoms with Gasteiger partial charge in [-0.05, 0) is 24.3 Å². The SMILES string of the molecule is O=c1[nH]cccc1N=Nc1ccc[nH]c1=O. The zero-order valence-corrected chi connectivity index (χ0v) is 8.18. The van der Waals surface area contributed by atoms with Gasteiger partial charge in [0.2, 0.25) is 0 Å². The van der Waals surface area contributed by atoms with Crippen LogP contribution in [0.1, 0.15) is 0 Å². The number of azo groups is 1. The first-order valence-corrected chi connectivity index (χ1v) is 4.54. The minimum Gasteiger partial charge on any atom is -0.327 e. The van der Waals surface area contributed by atoms with Crippen LogP contribution in [0.5, 0.6) is 0 Å². The van der Waals surface area contributed by atoms with E-state index in [-0.39, 0.29) is 22.5 Å². The Morgan fingerprint density at radius 3 is 1.62 bits per heavy atom. The highest BCUT2D eigenvalue weighted by Gasteiger charge is 1.97. The van der Waals surface area contributed by atoms with Crippen molar-refractivity contribution in [2.75, 3.05) is 0 Å². The second-order valence-corrected chi connectivity index (χ2v) is 2.97. The van der Waals surface area contributed by atoms with Gasteiger partial charge in [0.15, 0.2) is 11.4 Å². The van der Waals surface area contributed by atoms with Crippen LogP contribution in [0.2, 0.25) is 0 Å². The summed E-state index contributed by atoms with van der Waals surface area (Å²) >= 11 is 0. The predicted molar refractivity (Wildman–Crippen MR) is 58.3 cm³/mol. The number of hydrogen-bond acceptors (Lipinski definition) is 4. The molecule has 0 aliphatic rings. The number of H-pyrrole nitrogens is 2. The average Bonchev–Trinajstić information content (AvgIpc) is 2.30. The maximum atomic E-state index is 11.2. The van der Waals surface area contributed by atoms with Crippen LogP contribution in [0, 0.1) is 0 Å². The molecule has 0 saturated carbocycles. The van der Waals surface area contributed by atoms with Gasteiger partial charge in [-0.1, -0.05) is 0 Å². The third-order valence-corrected chi connectivity index (χ3v) is 1.86. The van der Waals surface area contributed by atoms with Gasteiger partial charge in [-0.15, -0.1) is 10.2 Å². The molecule has 0 aliphatic heterocycles. The second kappa shape index (κ2) is 4.35. The molecular formula is C10H8N4O2. The van der Waals surface area contributed by atoms with Crippen molar-refractivity contribution in [1.82, 2.24) is 9.97 Å². The van der Waals surface area contributed by atoms with Gasteiger partial charge in [0.25, 0.3) is 11.1 Å². The third-order valence-electron chi connectivity index (χ3n) is 1.86. The number of nitrogens with zero attached hydrogens (tertiary/aromatic N) is 2. The summed E-state index contributed by atoms with van der Waals surface area (Å²) in [5, 5.41) is 7.40. The number of hydrogen-bond donors (Lipinski definition) is 2. The monoisotopic (exact) mass is 216 g/mol. The Morgan fingerprint density at radius 2 is 1.25 bits per heavy atom. The fourth-order valence-electron chi connectivity index (χ4n) is 1.09. The van der Waals surface area contributed by atoms with E-state index in [2.05, 4.69) is 20.2 Å². The predicted octanol–water partition coefficient (Wildman–Crippen LogP) is 1.48. The lowest BCUT2D eigenvalue weighted by molar-refractivity contribution is 1.12. The van der Waals surface area contributed by atoms with Crippen molar-refractivity contribution in [2.45, 2.75) is 0 Å². The summed E-state index contributed by atoms with van der Waals surface area (Å²) in [5.74, 6) is 0. The van der Waals surface area contributed by atoms with Gasteiger partial charge < -0.3 is 9.97 Å². The summed E-state index contributed by atoms with van der Waals surface area (Å²) in [6, 6.07) is 6.29. The second-order valence-electron chi connectivity index (χ2n) is 2.97. The molecule has 0 unspecified atom stereocenters. The standard InChI is InChI=1S/C10H8N4O2/c15-9-7(3-1-5-11-9)13-14-8-4-2-6-12-10(8)16/h1-6H,(H,11,15)(H,12,16). The Balaban J connectivity index is 2.36. The van der Waals surface area contributed by atoms with E-state index >= 15 is 0 Å². The zero-order chi connectivity index (χ0) is 11.4. The van der Waals surface area contributed by atoms with Crippen molar-refractivity contribution in [3.8, 4) is 0 Å². The molecule has 2 aromatic heterocycles. The number of pyridine rings is 2. The summed E-state index contributed by atoms with van der Waals surface area (Å²) in [6.07, 6.45) is 2.99. The van der Waals surface area contributed by atoms with Crippen LogP contribution < -0.4 is 11.1 Å². The molecule has 2 N–H and O–H groups in total. The molecule has 0 atom stereocenters. The molecule has 0 aromatic carbocycles. The van der Waals surface area contributed by atoms with E-state index in [0.717, 1.165) is 0 Å². The van der Waals surface area contributed by atoms with Gasteiger partial charge in [0, 0.05) is 12.4 Å². The molecule has 6 heteroatoms. The van der Waals surface area contributed by atoms with Crippen molar-refractivity contribution < 1.29 is 0 Å². The summed E-state index contributed by atoms with van der Waals surface area (Å²) in [7, 11) is 0. The molecule has 2 heterocycles. The van der Waals surface area contributed by atoms with Crippen molar-refractivity contribution in [3.05, 3.63) is 57.4 Å². The van der Waals surface area contributed by atoms with Crippen LogP contribution in [-0.4, -0.2) is 9.97 Å². The molecule has 0 amide bonds. The van der Waals surface area contributed by atoms with E-state index in [1.807, 2.05) is 0 Å². The quantitative estimate of drug-likeness (QED) is 0.744. The van der Waals surface area contributed by atoms with Gasteiger partial charge in [0.1, 0.15) is 0 Å². The van der Waals surface area contributed by atoms with E-state index in [0.29, 0.717) is 0 Å². The van der Waals surface area contributed by atoms with Gasteiger partial charge in [-0.25, -0.2) is 0 Å². The summed E-state index contributed by atoms with van der Waals surface area (Å²) < 4.78 is 0. The highest BCUT2D eigenvalue weighted by Crippen LogP contribution is 2.09. The largest absolute Gasteiger partial charge is 0.327 e. The molecule has 0 spiro atoms. The van der Waals surface area contributed by atoms with E-state index in [1.54, 1.807) is 12.1 Å². The fraction of sp³-hybridized carbons (Fsp3) is 0. The Bertz CT molecular complexity index is 571. The molecule has 0 bridgehead atoms. The lowest BCUT2D eigenvalue weighted by Gasteiger charge is -1.90. The lowest BCUT2D eigenvalue weighted by Crippen LogP contribution is -2.03. The summed E-state index contributed by atoms with van der Waals surface area (Å²) in [4.78, 5) is 27.4. The number of nitrogens with one attached hydrogen (secondary N) is 2. The Labute approximate surface area is 89.7 Å². The Hall–Kier alpha value is -2.50. The molecular weight excluding hydrogens is 208 g/mol. The van der Waals surface area contributed by atoms with Gasteiger partial charge in [-0.2, -0.15) is 0 Å². The van der Waals surface area contributed by atoms with Gasteiger partial charge in [-0.3, -0.25) is 9.59 Å². The number of aromatic nitrogens is 2. The van der Waals surface area contributed by atoms with Crippen LogP contribution in [0.3, 0.4) is 0 Å². The highest BCUT2D eigenvalue weighted by molar-refractivity contribution is 5.35. The third kappa shape index (κ3) is 2.11. The topological polar surface area (TPSA) is 90.4 Å². The molecule has 80 valence electrons. The molecule has 16 heavy (non-hydrogen) atoms. The highest BCUT2D eigenvalue weighted by atomic mass is 16.1. The molecule has 6 nitrogen and oxygen atoms in total. The minimum absolute atomic E-state index is 0.158. The number of rotatable bonds is 2. The first kappa shape index (κ1) is 10.0. The van der Waals surface area contributed by atoms with Gasteiger partial charge in [0.05, 0.1) is 0 Å². The maximum absolute atomic E-state index is 11.2. The van der Waals surface area contributed by atoms with Crippen molar-refractivity contribution in [2.24, 2.45) is 10.2 Å². The Kier molecular flexibility index (Phi) is 2.73. The van der Waals surface area contributed by atoms with E-state index < -0.39 is 0 Å². The fourth-order valence-corrected chi connectivity index (χ4v) is 1.09. The zero-order valence-electron chi connectivity index (χ0n) is 8.18. The van der Waals surface area contributed by atoms with Crippen LogP contribution in [0.15, 0.2) is 56.5 Å². The first-order valence-electron chi connectivity index (χ1n) is 4.54. The normalized spacial score (nSPS) is 10.8. The van der Waals surface area contributed by atoms with Crippen LogP contribution in [0.4, 0.5) is 11.4 Å². The van der Waals surface area contributed by atoms with Crippen LogP contribution >= 0.6 is 0 Å². The van der Waals surface area contributed by atoms with Gasteiger partial charge >= 0.3 is 0 Å². The smallest absolute Gasteiger partial charge is 0.275 e. The summed E-state index contributed by atoms with van der Waals surface area (Å²) in [6.45, 7) is 0. The maximum Gasteiger partial charge on any atom is 0.275 e. The van der Waals surface area contributed by atoms with Crippen molar-refractivity contribution in [3.63, 3.8) is 0 Å². The van der Waals surface area contributed by atoms with Crippen molar-refractivity contribution >= 4 is 11.4 Å². The average molecular weight is 216 g/mol. The van der Waals surface area contributed by atoms with E-state index in [4.69, 9.17) is 0 Å². The van der Waals surface area contributed by atoms with Crippen LogP contribution in [0.25, 0.3) is 0 Å².